The molecule has 1 amide bonds. The third-order valence-electron chi connectivity index (χ3n) is 8.47. The Kier molecular flexibility index (Phi) is 3.71. The van der Waals surface area contributed by atoms with Gasteiger partial charge in [-0.3, -0.25) is 4.79 Å². The van der Waals surface area contributed by atoms with Gasteiger partial charge in [0, 0.05) is 13.1 Å². The fourth-order valence-corrected chi connectivity index (χ4v) is 8.20. The van der Waals surface area contributed by atoms with Crippen LogP contribution in [0.4, 0.5) is 0 Å². The Morgan fingerprint density at radius 2 is 1.78 bits per heavy atom. The van der Waals surface area contributed by atoms with Crippen LogP contribution in [0.25, 0.3) is 0 Å². The predicted octanol–water partition coefficient (Wildman–Crippen LogP) is 3.58. The highest BCUT2D eigenvalue weighted by atomic mass is 79.9. The summed E-state index contributed by atoms with van der Waals surface area (Å²) < 4.78 is 0. The van der Waals surface area contributed by atoms with Gasteiger partial charge in [0.05, 0.1) is 10.9 Å². The van der Waals surface area contributed by atoms with Gasteiger partial charge in [0.1, 0.15) is 0 Å². The second-order valence-corrected chi connectivity index (χ2v) is 10.3. The van der Waals surface area contributed by atoms with E-state index in [-0.39, 0.29) is 27.7 Å². The summed E-state index contributed by atoms with van der Waals surface area (Å²) in [6.45, 7) is 4.78. The van der Waals surface area contributed by atoms with Crippen LogP contribution in [0.3, 0.4) is 0 Å². The quantitative estimate of drug-likeness (QED) is 0.649. The molecule has 1 aliphatic heterocycles. The first-order valence-electron chi connectivity index (χ1n) is 9.38. The van der Waals surface area contributed by atoms with E-state index in [0.29, 0.717) is 17.9 Å². The van der Waals surface area contributed by atoms with Gasteiger partial charge in [0.2, 0.25) is 5.91 Å². The summed E-state index contributed by atoms with van der Waals surface area (Å²) in [7, 11) is 2.01. The van der Waals surface area contributed by atoms with Crippen LogP contribution in [0.5, 0.6) is 0 Å². The van der Waals surface area contributed by atoms with E-state index in [1.165, 1.54) is 19.3 Å². The molecule has 4 fully saturated rings. The third-order valence-corrected chi connectivity index (χ3v) is 9.19. The van der Waals surface area contributed by atoms with Crippen molar-refractivity contribution in [2.24, 2.45) is 28.6 Å². The van der Waals surface area contributed by atoms with Crippen molar-refractivity contribution >= 4 is 21.8 Å². The lowest BCUT2D eigenvalue weighted by atomic mass is 9.47. The van der Waals surface area contributed by atoms with Gasteiger partial charge in [0.15, 0.2) is 0 Å². The molecule has 0 aromatic carbocycles. The standard InChI is InChI=1S/C19H30BrNO2/c1-18-9-8-13-11(12(18)5-7-16(18)22)4-6-15-19(13,2)10-14(20)17(23)21(15)3/h11-16,22H,4-10H2,1-3H3/t11-,12-,13+,14?,15?,16?,18-,19+/m0/s1. The van der Waals surface area contributed by atoms with Crippen LogP contribution in [0.2, 0.25) is 0 Å². The van der Waals surface area contributed by atoms with Crippen molar-refractivity contribution < 1.29 is 9.90 Å². The maximum Gasteiger partial charge on any atom is 0.236 e. The molecule has 23 heavy (non-hydrogen) atoms. The molecule has 1 N–H and O–H groups in total. The van der Waals surface area contributed by atoms with Crippen LogP contribution < -0.4 is 0 Å². The summed E-state index contributed by atoms with van der Waals surface area (Å²) in [6.07, 6.45) is 7.84. The molecule has 1 heterocycles. The summed E-state index contributed by atoms with van der Waals surface area (Å²) in [4.78, 5) is 14.4. The zero-order valence-electron chi connectivity index (χ0n) is 14.6. The highest BCUT2D eigenvalue weighted by molar-refractivity contribution is 9.10. The Labute approximate surface area is 148 Å². The Morgan fingerprint density at radius 3 is 2.52 bits per heavy atom. The van der Waals surface area contributed by atoms with E-state index < -0.39 is 0 Å². The second-order valence-electron chi connectivity index (χ2n) is 9.23. The van der Waals surface area contributed by atoms with E-state index in [2.05, 4.69) is 29.8 Å². The van der Waals surface area contributed by atoms with Gasteiger partial charge in [-0.1, -0.05) is 29.8 Å². The summed E-state index contributed by atoms with van der Waals surface area (Å²) in [5, 5.41) is 10.5. The van der Waals surface area contributed by atoms with Gasteiger partial charge in [-0.05, 0) is 73.5 Å². The van der Waals surface area contributed by atoms with Crippen molar-refractivity contribution in [3.8, 4) is 0 Å². The number of aliphatic hydroxyl groups is 1. The van der Waals surface area contributed by atoms with E-state index in [9.17, 15) is 9.90 Å². The van der Waals surface area contributed by atoms with E-state index >= 15 is 0 Å². The minimum Gasteiger partial charge on any atom is -0.393 e. The van der Waals surface area contributed by atoms with E-state index in [1.807, 2.05) is 11.9 Å². The SMILES string of the molecule is CN1C(=O)C(Br)C[C@@]2(C)C1CC[C@@H]1[C@H]2CC[C@]2(C)C(O)CC[C@@H]12. The molecule has 0 aromatic rings. The molecular weight excluding hydrogens is 354 g/mol. The Morgan fingerprint density at radius 1 is 1.09 bits per heavy atom. The number of hydrogen-bond donors (Lipinski definition) is 1. The van der Waals surface area contributed by atoms with Crippen LogP contribution in [0, 0.1) is 28.6 Å². The summed E-state index contributed by atoms with van der Waals surface area (Å²) >= 11 is 3.65. The molecule has 3 aliphatic carbocycles. The number of likely N-dealkylation sites (tertiary alicyclic amines) is 1. The summed E-state index contributed by atoms with van der Waals surface area (Å²) in [5.74, 6) is 2.40. The Balaban J connectivity index is 1.67. The highest BCUT2D eigenvalue weighted by Gasteiger charge is 2.61. The van der Waals surface area contributed by atoms with Crippen LogP contribution >= 0.6 is 15.9 Å². The zero-order chi connectivity index (χ0) is 16.6. The zero-order valence-corrected chi connectivity index (χ0v) is 16.2. The van der Waals surface area contributed by atoms with Crippen LogP contribution in [0.15, 0.2) is 0 Å². The maximum absolute atomic E-state index is 12.4. The average molecular weight is 384 g/mol. The summed E-state index contributed by atoms with van der Waals surface area (Å²) in [5.41, 5.74) is 0.378. The van der Waals surface area contributed by atoms with Crippen molar-refractivity contribution in [1.82, 2.24) is 4.90 Å². The number of hydrogen-bond acceptors (Lipinski definition) is 2. The smallest absolute Gasteiger partial charge is 0.236 e. The van der Waals surface area contributed by atoms with Gasteiger partial charge >= 0.3 is 0 Å². The Bertz CT molecular complexity index is 525. The van der Waals surface area contributed by atoms with Crippen molar-refractivity contribution in [3.05, 3.63) is 0 Å². The lowest BCUT2D eigenvalue weighted by molar-refractivity contribution is -0.158. The monoisotopic (exact) mass is 383 g/mol. The molecule has 0 radical (unpaired) electrons. The lowest BCUT2D eigenvalue weighted by Gasteiger charge is -2.62. The predicted molar refractivity (Wildman–Crippen MR) is 94.3 cm³/mol. The molecule has 0 spiro atoms. The molecule has 3 unspecified atom stereocenters. The van der Waals surface area contributed by atoms with Gasteiger partial charge in [-0.15, -0.1) is 0 Å². The van der Waals surface area contributed by atoms with Gasteiger partial charge in [0.25, 0.3) is 0 Å². The van der Waals surface area contributed by atoms with Gasteiger partial charge in [-0.2, -0.15) is 0 Å². The van der Waals surface area contributed by atoms with Crippen molar-refractivity contribution in [2.75, 3.05) is 7.05 Å². The van der Waals surface area contributed by atoms with E-state index in [0.717, 1.165) is 31.6 Å². The number of alkyl halides is 1. The number of fused-ring (bicyclic) bond motifs is 5. The minimum atomic E-state index is -0.0986. The average Bonchev–Trinajstić information content (AvgIpc) is 2.80. The van der Waals surface area contributed by atoms with Crippen molar-refractivity contribution in [2.45, 2.75) is 75.8 Å². The number of aliphatic hydroxyl groups excluding tert-OH is 1. The first kappa shape index (κ1) is 16.4. The number of piperidine rings is 1. The normalized spacial score (nSPS) is 56.0. The number of nitrogens with zero attached hydrogens (tertiary/aromatic N) is 1. The topological polar surface area (TPSA) is 40.5 Å². The van der Waals surface area contributed by atoms with Crippen molar-refractivity contribution in [3.63, 3.8) is 0 Å². The second kappa shape index (κ2) is 5.20. The third kappa shape index (κ3) is 2.06. The number of carbonyl (C=O) groups excluding carboxylic acids is 1. The molecule has 3 nitrogen and oxygen atoms in total. The molecule has 130 valence electrons. The number of halogens is 1. The lowest BCUT2D eigenvalue weighted by Crippen LogP contribution is -2.63. The first-order valence-corrected chi connectivity index (χ1v) is 10.3. The van der Waals surface area contributed by atoms with Crippen LogP contribution in [0.1, 0.15) is 58.8 Å². The molecule has 1 saturated heterocycles. The van der Waals surface area contributed by atoms with Crippen LogP contribution in [-0.4, -0.2) is 39.9 Å². The molecule has 4 heteroatoms. The Hall–Kier alpha value is -0.0900. The number of carbonyl (C=O) groups is 1. The maximum atomic E-state index is 12.4. The fourth-order valence-electron chi connectivity index (χ4n) is 7.18. The van der Waals surface area contributed by atoms with Crippen LogP contribution in [-0.2, 0) is 4.79 Å². The van der Waals surface area contributed by atoms with Crippen molar-refractivity contribution in [1.29, 1.82) is 0 Å². The molecule has 8 atom stereocenters. The number of rotatable bonds is 0. The van der Waals surface area contributed by atoms with Gasteiger partial charge < -0.3 is 10.0 Å². The highest BCUT2D eigenvalue weighted by Crippen LogP contribution is 2.64. The molecule has 3 saturated carbocycles. The van der Waals surface area contributed by atoms with E-state index in [1.54, 1.807) is 0 Å². The molecule has 0 bridgehead atoms. The fraction of sp³-hybridized carbons (Fsp3) is 0.947. The molecule has 0 aromatic heterocycles. The molecular formula is C19H30BrNO2. The molecule has 4 aliphatic rings. The largest absolute Gasteiger partial charge is 0.393 e. The van der Waals surface area contributed by atoms with Gasteiger partial charge in [-0.25, -0.2) is 0 Å². The van der Waals surface area contributed by atoms with E-state index in [4.69, 9.17) is 0 Å². The number of amides is 1. The first-order chi connectivity index (χ1) is 10.8. The summed E-state index contributed by atoms with van der Waals surface area (Å²) in [6, 6.07) is 0.403. The minimum absolute atomic E-state index is 0.0185. The molecule has 4 rings (SSSR count).